The Hall–Kier alpha value is -2.07. The van der Waals surface area contributed by atoms with Gasteiger partial charge in [-0.3, -0.25) is 0 Å². The molecule has 0 aliphatic rings. The highest BCUT2D eigenvalue weighted by atomic mass is 32.2. The highest BCUT2D eigenvalue weighted by molar-refractivity contribution is 7.86. The van der Waals surface area contributed by atoms with E-state index in [0.717, 1.165) is 11.1 Å². The zero-order chi connectivity index (χ0) is 16.2. The first-order valence-corrected chi connectivity index (χ1v) is 8.57. The van der Waals surface area contributed by atoms with Crippen LogP contribution < -0.4 is 0 Å². The van der Waals surface area contributed by atoms with E-state index in [0.29, 0.717) is 5.76 Å². The molecule has 0 radical (unpaired) electrons. The van der Waals surface area contributed by atoms with Crippen molar-refractivity contribution in [2.24, 2.45) is 5.92 Å². The van der Waals surface area contributed by atoms with Crippen LogP contribution in [0.25, 0.3) is 6.08 Å². The Labute approximate surface area is 132 Å². The number of hydrogen-bond acceptors (Lipinski definition) is 3. The van der Waals surface area contributed by atoms with E-state index in [1.807, 2.05) is 51.1 Å². The summed E-state index contributed by atoms with van der Waals surface area (Å²) in [5.74, 6) is 0.382. The lowest BCUT2D eigenvalue weighted by atomic mass is 10.1. The molecule has 22 heavy (non-hydrogen) atoms. The Balaban J connectivity index is 2.31. The lowest BCUT2D eigenvalue weighted by Crippen LogP contribution is -2.09. The summed E-state index contributed by atoms with van der Waals surface area (Å²) >= 11 is 0. The van der Waals surface area contributed by atoms with Crippen molar-refractivity contribution in [3.8, 4) is 0 Å². The molecule has 2 rings (SSSR count). The van der Waals surface area contributed by atoms with Crippen LogP contribution in [0.2, 0.25) is 0 Å². The third-order valence-corrected chi connectivity index (χ3v) is 4.45. The van der Waals surface area contributed by atoms with E-state index in [-0.39, 0.29) is 10.8 Å². The van der Waals surface area contributed by atoms with Crippen LogP contribution in [-0.4, -0.2) is 8.42 Å². The summed E-state index contributed by atoms with van der Waals surface area (Å²) in [6.07, 6.45) is 1.76. The normalized spacial score (nSPS) is 12.5. The van der Waals surface area contributed by atoms with Crippen LogP contribution in [-0.2, 0) is 14.3 Å². The Morgan fingerprint density at radius 3 is 2.14 bits per heavy atom. The molecule has 0 saturated carbocycles. The van der Waals surface area contributed by atoms with Crippen molar-refractivity contribution in [1.29, 1.82) is 0 Å². The van der Waals surface area contributed by atoms with E-state index in [4.69, 9.17) is 4.18 Å². The van der Waals surface area contributed by atoms with E-state index in [2.05, 4.69) is 0 Å². The molecule has 4 heteroatoms. The van der Waals surface area contributed by atoms with Gasteiger partial charge in [0.2, 0.25) is 0 Å². The standard InChI is InChI=1S/C18H20O3S/c1-14(2)18(13-16-7-5-4-6-8-16)21-22(19,20)17-11-9-15(3)10-12-17/h4-14H,1-3H3/b18-13-. The predicted octanol–water partition coefficient (Wildman–Crippen LogP) is 4.40. The van der Waals surface area contributed by atoms with Crippen LogP contribution in [0.1, 0.15) is 25.0 Å². The van der Waals surface area contributed by atoms with E-state index in [9.17, 15) is 8.42 Å². The maximum atomic E-state index is 12.4. The van der Waals surface area contributed by atoms with Crippen LogP contribution in [0.5, 0.6) is 0 Å². The lowest BCUT2D eigenvalue weighted by molar-refractivity contribution is 0.367. The van der Waals surface area contributed by atoms with Crippen LogP contribution >= 0.6 is 0 Å². The minimum absolute atomic E-state index is 0.0413. The number of rotatable bonds is 5. The average molecular weight is 316 g/mol. The fraction of sp³-hybridized carbons (Fsp3) is 0.222. The van der Waals surface area contributed by atoms with E-state index >= 15 is 0 Å². The summed E-state index contributed by atoms with van der Waals surface area (Å²) in [5.41, 5.74) is 1.91. The molecule has 0 fully saturated rings. The van der Waals surface area contributed by atoms with E-state index < -0.39 is 10.1 Å². The molecule has 3 nitrogen and oxygen atoms in total. The second-order valence-corrected chi connectivity index (χ2v) is 7.01. The van der Waals surface area contributed by atoms with Crippen LogP contribution in [0.3, 0.4) is 0 Å². The summed E-state index contributed by atoms with van der Waals surface area (Å²) in [6, 6.07) is 16.2. The quantitative estimate of drug-likeness (QED) is 0.606. The fourth-order valence-corrected chi connectivity index (χ4v) is 2.94. The highest BCUT2D eigenvalue weighted by Crippen LogP contribution is 2.23. The first-order chi connectivity index (χ1) is 10.4. The number of aryl methyl sites for hydroxylation is 1. The summed E-state index contributed by atoms with van der Waals surface area (Å²) in [6.45, 7) is 5.71. The molecule has 0 amide bonds. The third-order valence-electron chi connectivity index (χ3n) is 3.19. The van der Waals surface area contributed by atoms with Gasteiger partial charge in [0.1, 0.15) is 10.7 Å². The van der Waals surface area contributed by atoms with Gasteiger partial charge in [-0.15, -0.1) is 0 Å². The molecule has 0 aliphatic carbocycles. The molecule has 0 aromatic heterocycles. The molecule has 0 atom stereocenters. The Bertz CT molecular complexity index is 743. The Morgan fingerprint density at radius 1 is 1.00 bits per heavy atom. The van der Waals surface area contributed by atoms with Crippen LogP contribution in [0, 0.1) is 12.8 Å². The molecule has 116 valence electrons. The first-order valence-electron chi connectivity index (χ1n) is 7.16. The zero-order valence-electron chi connectivity index (χ0n) is 13.0. The van der Waals surface area contributed by atoms with Gasteiger partial charge in [0, 0.05) is 5.92 Å². The van der Waals surface area contributed by atoms with Gasteiger partial charge in [-0.25, -0.2) is 0 Å². The average Bonchev–Trinajstić information content (AvgIpc) is 2.48. The third kappa shape index (κ3) is 4.21. The number of hydrogen-bond donors (Lipinski definition) is 0. The summed E-state index contributed by atoms with van der Waals surface area (Å²) in [4.78, 5) is 0.165. The van der Waals surface area contributed by atoms with Gasteiger partial charge in [-0.05, 0) is 30.7 Å². The minimum atomic E-state index is -3.81. The first kappa shape index (κ1) is 16.3. The summed E-state index contributed by atoms with van der Waals surface area (Å²) in [7, 11) is -3.81. The summed E-state index contributed by atoms with van der Waals surface area (Å²) < 4.78 is 30.1. The van der Waals surface area contributed by atoms with E-state index in [1.54, 1.807) is 30.3 Å². The van der Waals surface area contributed by atoms with Crippen molar-refractivity contribution < 1.29 is 12.6 Å². The van der Waals surface area contributed by atoms with Gasteiger partial charge in [-0.2, -0.15) is 8.42 Å². The second-order valence-electron chi connectivity index (χ2n) is 5.46. The maximum absolute atomic E-state index is 12.4. The lowest BCUT2D eigenvalue weighted by Gasteiger charge is -2.14. The number of benzene rings is 2. The SMILES string of the molecule is Cc1ccc(S(=O)(=O)O/C(=C\c2ccccc2)C(C)C)cc1. The molecule has 0 N–H and O–H groups in total. The van der Waals surface area contributed by atoms with Crippen LogP contribution in [0.4, 0.5) is 0 Å². The van der Waals surface area contributed by atoms with Gasteiger partial charge in [0.25, 0.3) is 0 Å². The van der Waals surface area contributed by atoms with Gasteiger partial charge >= 0.3 is 10.1 Å². The van der Waals surface area contributed by atoms with Gasteiger partial charge in [0.05, 0.1) is 0 Å². The monoisotopic (exact) mass is 316 g/mol. The molecular formula is C18H20O3S. The molecule has 2 aromatic rings. The Morgan fingerprint density at radius 2 is 1.59 bits per heavy atom. The number of allylic oxidation sites excluding steroid dienone is 1. The molecule has 0 heterocycles. The van der Waals surface area contributed by atoms with Crippen molar-refractivity contribution in [1.82, 2.24) is 0 Å². The van der Waals surface area contributed by atoms with Gasteiger partial charge < -0.3 is 4.18 Å². The van der Waals surface area contributed by atoms with Crippen molar-refractivity contribution >= 4 is 16.2 Å². The van der Waals surface area contributed by atoms with Crippen molar-refractivity contribution in [3.63, 3.8) is 0 Å². The van der Waals surface area contributed by atoms with Crippen LogP contribution in [0.15, 0.2) is 65.3 Å². The molecule has 0 saturated heterocycles. The zero-order valence-corrected chi connectivity index (χ0v) is 13.8. The van der Waals surface area contributed by atoms with Crippen molar-refractivity contribution in [3.05, 3.63) is 71.5 Å². The van der Waals surface area contributed by atoms with Gasteiger partial charge in [-0.1, -0.05) is 61.9 Å². The molecule has 0 bridgehead atoms. The second kappa shape index (κ2) is 6.79. The molecule has 0 spiro atoms. The molecular weight excluding hydrogens is 296 g/mol. The molecule has 0 aliphatic heterocycles. The highest BCUT2D eigenvalue weighted by Gasteiger charge is 2.19. The fourth-order valence-electron chi connectivity index (χ4n) is 1.88. The Kier molecular flexibility index (Phi) is 5.03. The van der Waals surface area contributed by atoms with Gasteiger partial charge in [0.15, 0.2) is 0 Å². The topological polar surface area (TPSA) is 43.4 Å². The van der Waals surface area contributed by atoms with Crippen molar-refractivity contribution in [2.75, 3.05) is 0 Å². The van der Waals surface area contributed by atoms with Crippen molar-refractivity contribution in [2.45, 2.75) is 25.7 Å². The molecule has 2 aromatic carbocycles. The minimum Gasteiger partial charge on any atom is -0.383 e. The van der Waals surface area contributed by atoms with E-state index in [1.165, 1.54) is 0 Å². The maximum Gasteiger partial charge on any atom is 0.338 e. The smallest absolute Gasteiger partial charge is 0.338 e. The largest absolute Gasteiger partial charge is 0.383 e. The predicted molar refractivity (Wildman–Crippen MR) is 88.7 cm³/mol. The molecule has 0 unspecified atom stereocenters. The summed E-state index contributed by atoms with van der Waals surface area (Å²) in [5, 5.41) is 0.